The number of nitrogens with zero attached hydrogens (tertiary/aromatic N) is 4. The van der Waals surface area contributed by atoms with Crippen molar-refractivity contribution in [3.8, 4) is 5.75 Å². The maximum Gasteiger partial charge on any atom is 0.344 e. The monoisotopic (exact) mass is 425 g/mol. The van der Waals surface area contributed by atoms with Crippen molar-refractivity contribution in [2.45, 2.75) is 39.8 Å². The molecule has 0 saturated heterocycles. The minimum absolute atomic E-state index is 0.181. The molecule has 0 aliphatic carbocycles. The Balaban J connectivity index is 1.56. The lowest BCUT2D eigenvalue weighted by atomic mass is 10.2. The summed E-state index contributed by atoms with van der Waals surface area (Å²) in [5, 5.41) is 7.01. The number of hydrogen-bond donors (Lipinski definition) is 1. The minimum Gasteiger partial charge on any atom is -0.482 e. The third kappa shape index (κ3) is 6.18. The van der Waals surface area contributed by atoms with Gasteiger partial charge in [-0.05, 0) is 45.4 Å². The second-order valence-corrected chi connectivity index (χ2v) is 8.25. The second kappa shape index (κ2) is 9.03. The summed E-state index contributed by atoms with van der Waals surface area (Å²) in [5.41, 5.74) is 2.55. The van der Waals surface area contributed by atoms with Gasteiger partial charge in [0.2, 0.25) is 0 Å². The maximum atomic E-state index is 12.6. The number of aromatic nitrogens is 3. The summed E-state index contributed by atoms with van der Waals surface area (Å²) in [5.74, 6) is 0.0909. The number of rotatable bonds is 6. The number of fused-ring (bicyclic) bond motifs is 1. The van der Waals surface area contributed by atoms with Crippen LogP contribution in [0, 0.1) is 6.92 Å². The smallest absolute Gasteiger partial charge is 0.344 e. The molecule has 164 valence electrons. The Kier molecular flexibility index (Phi) is 6.43. The van der Waals surface area contributed by atoms with Crippen molar-refractivity contribution in [2.24, 2.45) is 0 Å². The van der Waals surface area contributed by atoms with Crippen LogP contribution in [0.2, 0.25) is 0 Å². The van der Waals surface area contributed by atoms with Gasteiger partial charge in [-0.1, -0.05) is 12.1 Å². The van der Waals surface area contributed by atoms with Crippen LogP contribution in [0.25, 0.3) is 5.65 Å². The van der Waals surface area contributed by atoms with Gasteiger partial charge in [-0.2, -0.15) is 5.10 Å². The van der Waals surface area contributed by atoms with Gasteiger partial charge in [0.05, 0.1) is 24.3 Å². The normalized spacial score (nSPS) is 11.3. The van der Waals surface area contributed by atoms with Gasteiger partial charge >= 0.3 is 12.0 Å². The van der Waals surface area contributed by atoms with E-state index in [4.69, 9.17) is 9.47 Å². The van der Waals surface area contributed by atoms with Crippen LogP contribution in [0.4, 0.5) is 10.5 Å². The van der Waals surface area contributed by atoms with Crippen LogP contribution < -0.4 is 10.1 Å². The number of hydrogen-bond acceptors (Lipinski definition) is 6. The SMILES string of the molecule is Cc1cnn2cc(NC(=O)N(C)Cc3cccc(OCC(=O)OC(C)(C)C)c3)cnc12. The standard InChI is InChI=1S/C22H27N5O4/c1-15-10-24-27-13-17(11-23-20(15)27)25-21(29)26(5)12-16-7-6-8-18(9-16)30-14-19(28)31-22(2,3)4/h6-11,13H,12,14H2,1-5H3,(H,25,29). The van der Waals surface area contributed by atoms with Crippen molar-refractivity contribution in [3.05, 3.63) is 54.0 Å². The van der Waals surface area contributed by atoms with Crippen molar-refractivity contribution in [1.82, 2.24) is 19.5 Å². The molecule has 2 amide bonds. The van der Waals surface area contributed by atoms with Crippen LogP contribution in [-0.2, 0) is 16.1 Å². The number of esters is 1. The molecule has 0 atom stereocenters. The van der Waals surface area contributed by atoms with E-state index in [-0.39, 0.29) is 12.6 Å². The summed E-state index contributed by atoms with van der Waals surface area (Å²) in [6, 6.07) is 6.94. The number of amides is 2. The highest BCUT2D eigenvalue weighted by atomic mass is 16.6. The summed E-state index contributed by atoms with van der Waals surface area (Å²) < 4.78 is 12.4. The molecule has 1 aromatic carbocycles. The van der Waals surface area contributed by atoms with E-state index in [1.165, 1.54) is 4.90 Å². The van der Waals surface area contributed by atoms with Gasteiger partial charge in [-0.25, -0.2) is 19.1 Å². The van der Waals surface area contributed by atoms with Crippen LogP contribution in [0.15, 0.2) is 42.9 Å². The highest BCUT2D eigenvalue weighted by Gasteiger charge is 2.17. The Morgan fingerprint density at radius 1 is 1.23 bits per heavy atom. The molecule has 1 N–H and O–H groups in total. The van der Waals surface area contributed by atoms with Crippen molar-refractivity contribution in [1.29, 1.82) is 0 Å². The Bertz CT molecular complexity index is 1090. The van der Waals surface area contributed by atoms with Gasteiger partial charge in [0.25, 0.3) is 0 Å². The zero-order valence-corrected chi connectivity index (χ0v) is 18.4. The fourth-order valence-electron chi connectivity index (χ4n) is 2.87. The molecule has 0 aliphatic heterocycles. The topological polar surface area (TPSA) is 98.1 Å². The lowest BCUT2D eigenvalue weighted by molar-refractivity contribution is -0.157. The lowest BCUT2D eigenvalue weighted by Crippen LogP contribution is -2.31. The van der Waals surface area contributed by atoms with Gasteiger partial charge in [0.15, 0.2) is 12.3 Å². The van der Waals surface area contributed by atoms with E-state index in [2.05, 4.69) is 15.4 Å². The van der Waals surface area contributed by atoms with Crippen molar-refractivity contribution in [3.63, 3.8) is 0 Å². The van der Waals surface area contributed by atoms with Crippen LogP contribution >= 0.6 is 0 Å². The molecule has 0 radical (unpaired) electrons. The van der Waals surface area contributed by atoms with Crippen LogP contribution in [0.3, 0.4) is 0 Å². The predicted octanol–water partition coefficient (Wildman–Crippen LogP) is 3.42. The molecular weight excluding hydrogens is 398 g/mol. The van der Waals surface area contributed by atoms with E-state index < -0.39 is 11.6 Å². The van der Waals surface area contributed by atoms with E-state index in [0.29, 0.717) is 18.0 Å². The molecule has 0 unspecified atom stereocenters. The Morgan fingerprint density at radius 3 is 2.74 bits per heavy atom. The first-order chi connectivity index (χ1) is 14.6. The van der Waals surface area contributed by atoms with Crippen molar-refractivity contribution < 1.29 is 19.1 Å². The van der Waals surface area contributed by atoms with Gasteiger partial charge in [0, 0.05) is 19.2 Å². The highest BCUT2D eigenvalue weighted by molar-refractivity contribution is 5.88. The number of carbonyl (C=O) groups is 2. The summed E-state index contributed by atoms with van der Waals surface area (Å²) in [4.78, 5) is 30.2. The number of aryl methyl sites for hydroxylation is 1. The molecule has 31 heavy (non-hydrogen) atoms. The third-order valence-corrected chi connectivity index (χ3v) is 4.23. The maximum absolute atomic E-state index is 12.6. The number of anilines is 1. The molecule has 3 aromatic rings. The number of benzene rings is 1. The van der Waals surface area contributed by atoms with E-state index >= 15 is 0 Å². The molecule has 0 aliphatic rings. The van der Waals surface area contributed by atoms with Gasteiger partial charge in [0.1, 0.15) is 11.4 Å². The molecule has 9 nitrogen and oxygen atoms in total. The van der Waals surface area contributed by atoms with Crippen molar-refractivity contribution in [2.75, 3.05) is 19.0 Å². The van der Waals surface area contributed by atoms with Gasteiger partial charge in [-0.3, -0.25) is 0 Å². The second-order valence-electron chi connectivity index (χ2n) is 8.25. The lowest BCUT2D eigenvalue weighted by Gasteiger charge is -2.20. The molecular formula is C22H27N5O4. The Morgan fingerprint density at radius 2 is 2.00 bits per heavy atom. The average molecular weight is 425 g/mol. The summed E-state index contributed by atoms with van der Waals surface area (Å²) in [6.45, 7) is 7.50. The van der Waals surface area contributed by atoms with Crippen molar-refractivity contribution >= 4 is 23.3 Å². The molecule has 2 aromatic heterocycles. The summed E-state index contributed by atoms with van der Waals surface area (Å²) in [7, 11) is 1.69. The third-order valence-electron chi connectivity index (χ3n) is 4.23. The van der Waals surface area contributed by atoms with Gasteiger partial charge < -0.3 is 19.7 Å². The first-order valence-corrected chi connectivity index (χ1v) is 9.86. The molecule has 9 heteroatoms. The minimum atomic E-state index is -0.561. The zero-order valence-electron chi connectivity index (χ0n) is 18.4. The largest absolute Gasteiger partial charge is 0.482 e. The number of nitrogens with one attached hydrogen (secondary N) is 1. The quantitative estimate of drug-likeness (QED) is 0.608. The average Bonchev–Trinajstić information content (AvgIpc) is 3.05. The fourth-order valence-corrected chi connectivity index (χ4v) is 2.87. The first kappa shape index (κ1) is 22.1. The molecule has 3 rings (SSSR count). The molecule has 0 bridgehead atoms. The van der Waals surface area contributed by atoms with E-state index in [9.17, 15) is 9.59 Å². The Hall–Kier alpha value is -3.62. The van der Waals surface area contributed by atoms with E-state index in [0.717, 1.165) is 16.8 Å². The molecule has 0 fully saturated rings. The zero-order chi connectivity index (χ0) is 22.6. The van der Waals surface area contributed by atoms with Crippen LogP contribution in [0.1, 0.15) is 31.9 Å². The fraction of sp³-hybridized carbons (Fsp3) is 0.364. The summed E-state index contributed by atoms with van der Waals surface area (Å²) in [6.07, 6.45) is 5.03. The molecule has 0 spiro atoms. The summed E-state index contributed by atoms with van der Waals surface area (Å²) >= 11 is 0. The number of urea groups is 1. The first-order valence-electron chi connectivity index (χ1n) is 9.86. The highest BCUT2D eigenvalue weighted by Crippen LogP contribution is 2.16. The van der Waals surface area contributed by atoms with Gasteiger partial charge in [-0.15, -0.1) is 0 Å². The number of ether oxygens (including phenoxy) is 2. The number of carbonyl (C=O) groups excluding carboxylic acids is 2. The van der Waals surface area contributed by atoms with E-state index in [1.807, 2.05) is 19.1 Å². The van der Waals surface area contributed by atoms with Crippen LogP contribution in [0.5, 0.6) is 5.75 Å². The van der Waals surface area contributed by atoms with Crippen LogP contribution in [-0.4, -0.2) is 50.8 Å². The predicted molar refractivity (Wildman–Crippen MR) is 116 cm³/mol. The Labute approximate surface area is 181 Å². The molecule has 2 heterocycles. The molecule has 0 saturated carbocycles. The van der Waals surface area contributed by atoms with E-state index in [1.54, 1.807) is 63.1 Å².